The predicted octanol–water partition coefficient (Wildman–Crippen LogP) is 4.55. The fraction of sp³-hybridized carbons (Fsp3) is 0.385. The van der Waals surface area contributed by atoms with Crippen molar-refractivity contribution in [1.29, 1.82) is 0 Å². The van der Waals surface area contributed by atoms with Crippen LogP contribution in [-0.2, 0) is 11.2 Å². The van der Waals surface area contributed by atoms with E-state index in [1.165, 1.54) is 16.9 Å². The van der Waals surface area contributed by atoms with E-state index in [1.54, 1.807) is 4.40 Å². The summed E-state index contributed by atoms with van der Waals surface area (Å²) in [5.41, 5.74) is 6.34. The molecule has 0 aliphatic carbocycles. The number of carbonyl (C=O) groups excluding carboxylic acids is 1. The fourth-order valence-electron chi connectivity index (χ4n) is 4.13. The molecule has 3 aromatic heterocycles. The SMILES string of the molecule is Cc1ccc(-n2nc(-c3c(C)nc4scc(CC(=O)NCCC(C)C)n4c3=O)cc2C)c(C)c1. The lowest BCUT2D eigenvalue weighted by atomic mass is 10.1. The van der Waals surface area contributed by atoms with Gasteiger partial charge >= 0.3 is 0 Å². The van der Waals surface area contributed by atoms with Crippen LogP contribution in [0.4, 0.5) is 0 Å². The quantitative estimate of drug-likeness (QED) is 0.423. The monoisotopic (exact) mass is 477 g/mol. The summed E-state index contributed by atoms with van der Waals surface area (Å²) in [6.07, 6.45) is 1.06. The van der Waals surface area contributed by atoms with E-state index < -0.39 is 0 Å². The van der Waals surface area contributed by atoms with Crippen LogP contribution in [0.5, 0.6) is 0 Å². The fourth-order valence-corrected chi connectivity index (χ4v) is 5.06. The molecular weight excluding hydrogens is 446 g/mol. The first-order valence-corrected chi connectivity index (χ1v) is 12.4. The molecule has 8 heteroatoms. The number of aromatic nitrogens is 4. The highest BCUT2D eigenvalue weighted by Crippen LogP contribution is 2.25. The summed E-state index contributed by atoms with van der Waals surface area (Å²) in [5.74, 6) is 0.427. The van der Waals surface area contributed by atoms with Crippen molar-refractivity contribution in [2.75, 3.05) is 6.54 Å². The number of aryl methyl sites for hydroxylation is 4. The molecular formula is C26H31N5O2S. The van der Waals surface area contributed by atoms with E-state index >= 15 is 0 Å². The molecule has 178 valence electrons. The standard InChI is InChI=1S/C26H31N5O2S/c1-15(2)9-10-27-23(32)13-20-14-34-26-28-19(6)24(25(33)30(20)26)21-12-18(5)31(29-21)22-8-7-16(3)11-17(22)4/h7-8,11-12,14-15H,9-10,13H2,1-6H3,(H,27,32). The van der Waals surface area contributed by atoms with Gasteiger partial charge in [0.25, 0.3) is 5.56 Å². The molecule has 0 aliphatic rings. The molecule has 7 nitrogen and oxygen atoms in total. The van der Waals surface area contributed by atoms with Gasteiger partial charge in [0.2, 0.25) is 5.91 Å². The van der Waals surface area contributed by atoms with Gasteiger partial charge in [-0.2, -0.15) is 5.10 Å². The highest BCUT2D eigenvalue weighted by atomic mass is 32.1. The number of thiazole rings is 1. The molecule has 0 radical (unpaired) electrons. The molecule has 0 bridgehead atoms. The maximum atomic E-state index is 13.6. The third-order valence-corrected chi connectivity index (χ3v) is 6.81. The maximum absolute atomic E-state index is 13.6. The minimum Gasteiger partial charge on any atom is -0.356 e. The minimum absolute atomic E-state index is 0.0932. The molecule has 1 aromatic carbocycles. The zero-order valence-electron chi connectivity index (χ0n) is 20.6. The molecule has 0 fully saturated rings. The average molecular weight is 478 g/mol. The largest absolute Gasteiger partial charge is 0.356 e. The second-order valence-corrected chi connectivity index (χ2v) is 10.1. The summed E-state index contributed by atoms with van der Waals surface area (Å²) in [7, 11) is 0. The van der Waals surface area contributed by atoms with Crippen LogP contribution in [0.25, 0.3) is 21.9 Å². The van der Waals surface area contributed by atoms with Crippen LogP contribution in [0.15, 0.2) is 34.4 Å². The highest BCUT2D eigenvalue weighted by molar-refractivity contribution is 7.15. The summed E-state index contributed by atoms with van der Waals surface area (Å²) in [4.78, 5) is 31.4. The van der Waals surface area contributed by atoms with Crippen molar-refractivity contribution in [3.05, 3.63) is 68.2 Å². The van der Waals surface area contributed by atoms with E-state index in [4.69, 9.17) is 5.10 Å². The number of rotatable bonds is 7. The molecule has 4 aromatic rings. The van der Waals surface area contributed by atoms with Gasteiger partial charge in [-0.05, 0) is 57.7 Å². The van der Waals surface area contributed by atoms with Gasteiger partial charge in [0, 0.05) is 23.3 Å². The Morgan fingerprint density at radius 3 is 2.62 bits per heavy atom. The maximum Gasteiger partial charge on any atom is 0.268 e. The zero-order chi connectivity index (χ0) is 24.6. The number of nitrogens with one attached hydrogen (secondary N) is 1. The third kappa shape index (κ3) is 4.68. The van der Waals surface area contributed by atoms with Crippen molar-refractivity contribution in [1.82, 2.24) is 24.5 Å². The van der Waals surface area contributed by atoms with Crippen molar-refractivity contribution < 1.29 is 4.79 Å². The van der Waals surface area contributed by atoms with Gasteiger partial charge in [-0.15, -0.1) is 11.3 Å². The molecule has 34 heavy (non-hydrogen) atoms. The lowest BCUT2D eigenvalue weighted by Crippen LogP contribution is -2.28. The van der Waals surface area contributed by atoms with Crippen LogP contribution >= 0.6 is 11.3 Å². The topological polar surface area (TPSA) is 81.3 Å². The Hall–Kier alpha value is -3.26. The first-order chi connectivity index (χ1) is 16.2. The second-order valence-electron chi connectivity index (χ2n) is 9.30. The van der Waals surface area contributed by atoms with Gasteiger partial charge in [-0.3, -0.25) is 14.0 Å². The number of nitrogens with zero attached hydrogens (tertiary/aromatic N) is 4. The molecule has 0 atom stereocenters. The number of amides is 1. The summed E-state index contributed by atoms with van der Waals surface area (Å²) in [6.45, 7) is 12.8. The lowest BCUT2D eigenvalue weighted by Gasteiger charge is -2.09. The predicted molar refractivity (Wildman–Crippen MR) is 137 cm³/mol. The minimum atomic E-state index is -0.195. The molecule has 1 N–H and O–H groups in total. The molecule has 0 saturated heterocycles. The smallest absolute Gasteiger partial charge is 0.268 e. The Balaban J connectivity index is 1.72. The molecule has 0 aliphatic heterocycles. The second kappa shape index (κ2) is 9.54. The van der Waals surface area contributed by atoms with Gasteiger partial charge in [-0.1, -0.05) is 31.5 Å². The number of fused-ring (bicyclic) bond motifs is 1. The van der Waals surface area contributed by atoms with Crippen molar-refractivity contribution in [2.45, 2.75) is 54.4 Å². The van der Waals surface area contributed by atoms with Crippen molar-refractivity contribution in [3.8, 4) is 16.9 Å². The zero-order valence-corrected chi connectivity index (χ0v) is 21.4. The molecule has 1 amide bonds. The average Bonchev–Trinajstić information content (AvgIpc) is 3.31. The van der Waals surface area contributed by atoms with E-state index in [9.17, 15) is 9.59 Å². The van der Waals surface area contributed by atoms with Crippen LogP contribution in [0, 0.1) is 33.6 Å². The molecule has 3 heterocycles. The van der Waals surface area contributed by atoms with Crippen LogP contribution in [-0.4, -0.2) is 31.6 Å². The summed E-state index contributed by atoms with van der Waals surface area (Å²) < 4.78 is 3.43. The highest BCUT2D eigenvalue weighted by Gasteiger charge is 2.20. The Bertz CT molecular complexity index is 1430. The first kappa shape index (κ1) is 23.9. The van der Waals surface area contributed by atoms with Crippen LogP contribution in [0.2, 0.25) is 0 Å². The first-order valence-electron chi connectivity index (χ1n) is 11.6. The molecule has 0 spiro atoms. The van der Waals surface area contributed by atoms with Crippen LogP contribution in [0.3, 0.4) is 0 Å². The normalized spacial score (nSPS) is 11.5. The van der Waals surface area contributed by atoms with Gasteiger partial charge in [0.15, 0.2) is 4.96 Å². The van der Waals surface area contributed by atoms with Crippen LogP contribution in [0.1, 0.15) is 48.5 Å². The van der Waals surface area contributed by atoms with Gasteiger partial charge < -0.3 is 5.32 Å². The number of hydrogen-bond donors (Lipinski definition) is 1. The van der Waals surface area contributed by atoms with E-state index in [2.05, 4.69) is 50.1 Å². The number of benzene rings is 1. The summed E-state index contributed by atoms with van der Waals surface area (Å²) in [5, 5.41) is 9.58. The van der Waals surface area contributed by atoms with Gasteiger partial charge in [0.1, 0.15) is 5.69 Å². The van der Waals surface area contributed by atoms with E-state index in [0.29, 0.717) is 40.1 Å². The van der Waals surface area contributed by atoms with Crippen LogP contribution < -0.4 is 10.9 Å². The van der Waals surface area contributed by atoms with Gasteiger partial charge in [-0.25, -0.2) is 9.67 Å². The van der Waals surface area contributed by atoms with E-state index in [0.717, 1.165) is 23.4 Å². The van der Waals surface area contributed by atoms with E-state index in [-0.39, 0.29) is 17.9 Å². The van der Waals surface area contributed by atoms with Gasteiger partial charge in [0.05, 0.1) is 23.4 Å². The lowest BCUT2D eigenvalue weighted by molar-refractivity contribution is -0.120. The Morgan fingerprint density at radius 1 is 1.15 bits per heavy atom. The third-order valence-electron chi connectivity index (χ3n) is 5.93. The van der Waals surface area contributed by atoms with Crippen molar-refractivity contribution in [3.63, 3.8) is 0 Å². The van der Waals surface area contributed by atoms with Crippen molar-refractivity contribution in [2.24, 2.45) is 5.92 Å². The Kier molecular flexibility index (Phi) is 6.70. The number of carbonyl (C=O) groups is 1. The Labute approximate surface area is 203 Å². The summed E-state index contributed by atoms with van der Waals surface area (Å²) in [6, 6.07) is 8.14. The number of hydrogen-bond acceptors (Lipinski definition) is 5. The van der Waals surface area contributed by atoms with Crippen molar-refractivity contribution >= 4 is 22.2 Å². The Morgan fingerprint density at radius 2 is 1.91 bits per heavy atom. The molecule has 0 saturated carbocycles. The molecule has 4 rings (SSSR count). The summed E-state index contributed by atoms with van der Waals surface area (Å²) >= 11 is 1.37. The van der Waals surface area contributed by atoms with E-state index in [1.807, 2.05) is 36.0 Å². The molecule has 0 unspecified atom stereocenters.